The van der Waals surface area contributed by atoms with Crippen LogP contribution in [-0.4, -0.2) is 97.9 Å². The molecule has 216 valence electrons. The van der Waals surface area contributed by atoms with Crippen LogP contribution in [0.5, 0.6) is 0 Å². The molecule has 0 aromatic rings. The number of aliphatic hydroxyl groups excluding tert-OH is 1. The summed E-state index contributed by atoms with van der Waals surface area (Å²) in [6.45, 7) is 11.9. The molecule has 0 aromatic carbocycles. The summed E-state index contributed by atoms with van der Waals surface area (Å²) in [7, 11) is 0. The third kappa shape index (κ3) is 8.73. The molecule has 13 heteroatoms. The number of carbonyl (C=O) groups excluding carboxylic acids is 4. The predicted octanol–water partition coefficient (Wildman–Crippen LogP) is 0.220. The van der Waals surface area contributed by atoms with Crippen molar-refractivity contribution >= 4 is 23.8 Å². The van der Waals surface area contributed by atoms with Gasteiger partial charge in [-0.05, 0) is 13.0 Å². The van der Waals surface area contributed by atoms with Gasteiger partial charge in [-0.15, -0.1) is 0 Å². The van der Waals surface area contributed by atoms with Crippen LogP contribution in [0.2, 0.25) is 0 Å². The first-order valence-electron chi connectivity index (χ1n) is 12.5. The van der Waals surface area contributed by atoms with Crippen molar-refractivity contribution in [1.29, 1.82) is 0 Å². The molecular formula is C25H39NO12. The molecule has 0 bridgehead atoms. The highest BCUT2D eigenvalue weighted by Crippen LogP contribution is 2.36. The first-order valence-corrected chi connectivity index (χ1v) is 12.5. The molecule has 0 aromatic heterocycles. The minimum atomic E-state index is -1.18. The lowest BCUT2D eigenvalue weighted by atomic mass is 9.87. The lowest BCUT2D eigenvalue weighted by Gasteiger charge is -2.48. The number of amides is 1. The summed E-state index contributed by atoms with van der Waals surface area (Å²) in [5.74, 6) is -3.14. The van der Waals surface area contributed by atoms with Gasteiger partial charge in [0.05, 0.1) is 24.9 Å². The standard InChI is InChI=1S/C25H39NO12/c1-8-20(30)26-11-32-9-18-21(31)12(2)24(36-17(7)29)25(37-18)38-23-13(3)22(35-16(6)28)14(4)34-19(23)10-33-15(5)27/h8,12-14,18-19,21-25,31H,1,9-11H2,2-7H3,(H,26,30). The van der Waals surface area contributed by atoms with Gasteiger partial charge in [-0.1, -0.05) is 20.4 Å². The van der Waals surface area contributed by atoms with Crippen LogP contribution in [0.1, 0.15) is 41.5 Å². The van der Waals surface area contributed by atoms with E-state index in [-0.39, 0.29) is 19.9 Å². The second-order valence-corrected chi connectivity index (χ2v) is 9.44. The summed E-state index contributed by atoms with van der Waals surface area (Å²) >= 11 is 0. The fraction of sp³-hybridized carbons (Fsp3) is 0.760. The lowest BCUT2D eigenvalue weighted by Crippen LogP contribution is -2.61. The average molecular weight is 546 g/mol. The smallest absolute Gasteiger partial charge is 0.303 e. The number of hydrogen-bond donors (Lipinski definition) is 2. The molecule has 2 rings (SSSR count). The molecule has 2 saturated heterocycles. The minimum Gasteiger partial charge on any atom is -0.463 e. The van der Waals surface area contributed by atoms with Crippen molar-refractivity contribution in [3.05, 3.63) is 12.7 Å². The Bertz CT molecular complexity index is 848. The molecule has 2 heterocycles. The van der Waals surface area contributed by atoms with E-state index in [9.17, 15) is 24.3 Å². The Balaban J connectivity index is 2.27. The number of ether oxygens (including phenoxy) is 7. The summed E-state index contributed by atoms with van der Waals surface area (Å²) in [6.07, 6.45) is -5.90. The highest BCUT2D eigenvalue weighted by atomic mass is 16.7. The van der Waals surface area contributed by atoms with Gasteiger partial charge in [0.25, 0.3) is 0 Å². The van der Waals surface area contributed by atoms with Crippen LogP contribution >= 0.6 is 0 Å². The van der Waals surface area contributed by atoms with Gasteiger partial charge in [0.2, 0.25) is 5.91 Å². The van der Waals surface area contributed by atoms with E-state index in [1.54, 1.807) is 20.8 Å². The second kappa shape index (κ2) is 14.5. The number of aliphatic hydroxyl groups is 1. The molecule has 2 aliphatic heterocycles. The fourth-order valence-electron chi connectivity index (χ4n) is 4.56. The SMILES string of the molecule is C=CC(=O)NCOCC1OC(OC2C(COC(C)=O)OC(C)C(OC(C)=O)C2C)C(OC(C)=O)C(C)C1O. The van der Waals surface area contributed by atoms with E-state index in [1.807, 2.05) is 0 Å². The molecule has 10 unspecified atom stereocenters. The van der Waals surface area contributed by atoms with Crippen LogP contribution in [0.4, 0.5) is 0 Å². The maximum absolute atomic E-state index is 11.9. The molecular weight excluding hydrogens is 506 g/mol. The van der Waals surface area contributed by atoms with E-state index in [0.29, 0.717) is 0 Å². The van der Waals surface area contributed by atoms with E-state index >= 15 is 0 Å². The summed E-state index contributed by atoms with van der Waals surface area (Å²) in [5, 5.41) is 13.3. The summed E-state index contributed by atoms with van der Waals surface area (Å²) in [6, 6.07) is 0. The van der Waals surface area contributed by atoms with Crippen LogP contribution in [-0.2, 0) is 52.3 Å². The molecule has 0 spiro atoms. The highest BCUT2D eigenvalue weighted by Gasteiger charge is 2.51. The van der Waals surface area contributed by atoms with Gasteiger partial charge in [0.1, 0.15) is 31.6 Å². The molecule has 0 aliphatic carbocycles. The summed E-state index contributed by atoms with van der Waals surface area (Å²) in [4.78, 5) is 46.4. The Morgan fingerprint density at radius 1 is 0.868 bits per heavy atom. The van der Waals surface area contributed by atoms with E-state index in [4.69, 9.17) is 33.2 Å². The predicted molar refractivity (Wildman–Crippen MR) is 129 cm³/mol. The van der Waals surface area contributed by atoms with Crippen molar-refractivity contribution < 1.29 is 57.4 Å². The van der Waals surface area contributed by atoms with E-state index < -0.39 is 84.7 Å². The molecule has 0 radical (unpaired) electrons. The zero-order chi connectivity index (χ0) is 28.6. The van der Waals surface area contributed by atoms with Gasteiger partial charge in [-0.25, -0.2) is 0 Å². The Hall–Kier alpha value is -2.58. The Morgan fingerprint density at radius 3 is 2.08 bits per heavy atom. The largest absolute Gasteiger partial charge is 0.463 e. The van der Waals surface area contributed by atoms with Crippen molar-refractivity contribution in [3.8, 4) is 0 Å². The molecule has 10 atom stereocenters. The molecule has 38 heavy (non-hydrogen) atoms. The summed E-state index contributed by atoms with van der Waals surface area (Å²) < 4.78 is 39.9. The molecule has 2 N–H and O–H groups in total. The molecule has 13 nitrogen and oxygen atoms in total. The van der Waals surface area contributed by atoms with Crippen LogP contribution in [0, 0.1) is 11.8 Å². The van der Waals surface area contributed by atoms with Crippen LogP contribution in [0.15, 0.2) is 12.7 Å². The Morgan fingerprint density at radius 2 is 1.50 bits per heavy atom. The minimum absolute atomic E-state index is 0.115. The van der Waals surface area contributed by atoms with E-state index in [2.05, 4.69) is 11.9 Å². The second-order valence-electron chi connectivity index (χ2n) is 9.44. The van der Waals surface area contributed by atoms with Crippen molar-refractivity contribution in [2.75, 3.05) is 19.9 Å². The third-order valence-corrected chi connectivity index (χ3v) is 6.43. The van der Waals surface area contributed by atoms with Crippen LogP contribution in [0.25, 0.3) is 0 Å². The number of rotatable bonds is 11. The van der Waals surface area contributed by atoms with Gasteiger partial charge in [0, 0.05) is 32.6 Å². The quantitative estimate of drug-likeness (QED) is 0.119. The monoisotopic (exact) mass is 545 g/mol. The van der Waals surface area contributed by atoms with Gasteiger partial charge in [0.15, 0.2) is 12.4 Å². The van der Waals surface area contributed by atoms with Crippen molar-refractivity contribution in [2.24, 2.45) is 11.8 Å². The van der Waals surface area contributed by atoms with Gasteiger partial charge in [-0.3, -0.25) is 19.2 Å². The maximum Gasteiger partial charge on any atom is 0.303 e. The molecule has 1 amide bonds. The zero-order valence-electron chi connectivity index (χ0n) is 22.6. The van der Waals surface area contributed by atoms with Crippen molar-refractivity contribution in [2.45, 2.75) is 90.6 Å². The molecule has 2 aliphatic rings. The number of hydrogen-bond acceptors (Lipinski definition) is 12. The van der Waals surface area contributed by atoms with E-state index in [1.165, 1.54) is 20.8 Å². The van der Waals surface area contributed by atoms with Gasteiger partial charge < -0.3 is 43.6 Å². The van der Waals surface area contributed by atoms with E-state index in [0.717, 1.165) is 6.08 Å². The topological polar surface area (TPSA) is 165 Å². The highest BCUT2D eigenvalue weighted by molar-refractivity contribution is 5.86. The van der Waals surface area contributed by atoms with Gasteiger partial charge in [-0.2, -0.15) is 0 Å². The normalized spacial score (nSPS) is 35.0. The number of carbonyl (C=O) groups is 4. The van der Waals surface area contributed by atoms with Crippen molar-refractivity contribution in [3.63, 3.8) is 0 Å². The molecule has 0 saturated carbocycles. The maximum atomic E-state index is 11.9. The van der Waals surface area contributed by atoms with Crippen LogP contribution < -0.4 is 5.32 Å². The fourth-order valence-corrected chi connectivity index (χ4v) is 4.56. The Kier molecular flexibility index (Phi) is 12.1. The lowest BCUT2D eigenvalue weighted by molar-refractivity contribution is -0.330. The first kappa shape index (κ1) is 31.6. The zero-order valence-corrected chi connectivity index (χ0v) is 22.6. The van der Waals surface area contributed by atoms with Gasteiger partial charge >= 0.3 is 17.9 Å². The Labute approximate surface area is 222 Å². The number of nitrogens with one attached hydrogen (secondary N) is 1. The first-order chi connectivity index (χ1) is 17.8. The average Bonchev–Trinajstić information content (AvgIpc) is 2.84. The number of esters is 3. The van der Waals surface area contributed by atoms with Crippen LogP contribution in [0.3, 0.4) is 0 Å². The third-order valence-electron chi connectivity index (χ3n) is 6.43. The summed E-state index contributed by atoms with van der Waals surface area (Å²) in [5.41, 5.74) is 0. The van der Waals surface area contributed by atoms with Crippen molar-refractivity contribution in [1.82, 2.24) is 5.32 Å². The molecule has 2 fully saturated rings.